The molecular formula is C18H26ClNO. The van der Waals surface area contributed by atoms with Crippen molar-refractivity contribution in [2.45, 2.75) is 58.9 Å². The van der Waals surface area contributed by atoms with Gasteiger partial charge in [0, 0.05) is 17.1 Å². The molecule has 1 rings (SSSR count). The average molecular weight is 308 g/mol. The summed E-state index contributed by atoms with van der Waals surface area (Å²) in [6.45, 7) is 4.69. The molecule has 21 heavy (non-hydrogen) atoms. The Morgan fingerprint density at radius 1 is 1.14 bits per heavy atom. The number of rotatable bonds is 9. The molecule has 0 aromatic heterocycles. The van der Waals surface area contributed by atoms with Gasteiger partial charge in [0.15, 0.2) is 0 Å². The van der Waals surface area contributed by atoms with Crippen LogP contribution in [0.15, 0.2) is 35.9 Å². The first-order chi connectivity index (χ1) is 10.2. The minimum atomic E-state index is 0.0444. The first-order valence-electron chi connectivity index (χ1n) is 7.85. The summed E-state index contributed by atoms with van der Waals surface area (Å²) in [5, 5.41) is 3.69. The van der Waals surface area contributed by atoms with Gasteiger partial charge >= 0.3 is 0 Å². The Kier molecular flexibility index (Phi) is 8.84. The number of hydrogen-bond acceptors (Lipinski definition) is 1. The second kappa shape index (κ2) is 10.4. The molecule has 0 unspecified atom stereocenters. The van der Waals surface area contributed by atoms with Crippen molar-refractivity contribution in [3.63, 3.8) is 0 Å². The Morgan fingerprint density at radius 2 is 1.81 bits per heavy atom. The van der Waals surface area contributed by atoms with E-state index in [2.05, 4.69) is 12.2 Å². The first kappa shape index (κ1) is 17.8. The fraction of sp³-hybridized carbons (Fsp3) is 0.500. The zero-order valence-electron chi connectivity index (χ0n) is 13.1. The molecule has 1 aromatic rings. The largest absolute Gasteiger partial charge is 0.348 e. The molecule has 0 aliphatic carbocycles. The van der Waals surface area contributed by atoms with Crippen molar-refractivity contribution in [3.05, 3.63) is 46.5 Å². The van der Waals surface area contributed by atoms with E-state index in [-0.39, 0.29) is 5.91 Å². The lowest BCUT2D eigenvalue weighted by Crippen LogP contribution is -2.24. The van der Waals surface area contributed by atoms with Crippen LogP contribution in [0.25, 0.3) is 0 Å². The highest BCUT2D eigenvalue weighted by atomic mass is 35.5. The van der Waals surface area contributed by atoms with Gasteiger partial charge < -0.3 is 5.32 Å². The van der Waals surface area contributed by atoms with Crippen LogP contribution in [0.5, 0.6) is 0 Å². The van der Waals surface area contributed by atoms with E-state index in [1.807, 2.05) is 37.3 Å². The third-order valence-corrected chi connectivity index (χ3v) is 3.81. The van der Waals surface area contributed by atoms with Crippen molar-refractivity contribution in [2.75, 3.05) is 0 Å². The lowest BCUT2D eigenvalue weighted by molar-refractivity contribution is -0.117. The van der Waals surface area contributed by atoms with Crippen LogP contribution >= 0.6 is 11.6 Å². The molecule has 0 aliphatic heterocycles. The number of allylic oxidation sites excluding steroid dienone is 1. The van der Waals surface area contributed by atoms with Crippen molar-refractivity contribution in [3.8, 4) is 0 Å². The smallest absolute Gasteiger partial charge is 0.247 e. The number of unbranched alkanes of at least 4 members (excludes halogenated alkanes) is 4. The van der Waals surface area contributed by atoms with Gasteiger partial charge in [-0.25, -0.2) is 0 Å². The Bertz CT molecular complexity index is 451. The third kappa shape index (κ3) is 7.33. The maximum Gasteiger partial charge on any atom is 0.247 e. The maximum atomic E-state index is 12.1. The van der Waals surface area contributed by atoms with Crippen LogP contribution < -0.4 is 5.32 Å². The number of carbonyl (C=O) groups excluding carboxylic acids is 1. The van der Waals surface area contributed by atoms with Crippen molar-refractivity contribution < 1.29 is 4.79 Å². The van der Waals surface area contributed by atoms with E-state index in [0.29, 0.717) is 11.6 Å². The molecule has 116 valence electrons. The molecule has 0 saturated carbocycles. The van der Waals surface area contributed by atoms with Crippen molar-refractivity contribution in [1.29, 1.82) is 0 Å². The minimum absolute atomic E-state index is 0.0444. The predicted molar refractivity (Wildman–Crippen MR) is 90.4 cm³/mol. The van der Waals surface area contributed by atoms with Crippen molar-refractivity contribution in [1.82, 2.24) is 5.32 Å². The summed E-state index contributed by atoms with van der Waals surface area (Å²) in [4.78, 5) is 12.1. The summed E-state index contributed by atoms with van der Waals surface area (Å²) in [5.74, 6) is 0.0444. The van der Waals surface area contributed by atoms with Gasteiger partial charge in [0.2, 0.25) is 5.91 Å². The summed E-state index contributed by atoms with van der Waals surface area (Å²) in [7, 11) is 0. The lowest BCUT2D eigenvalue weighted by Gasteiger charge is -2.09. The Labute approximate surface area is 133 Å². The van der Waals surface area contributed by atoms with Crippen LogP contribution in [0.4, 0.5) is 0 Å². The minimum Gasteiger partial charge on any atom is -0.348 e. The number of benzene rings is 1. The van der Waals surface area contributed by atoms with E-state index < -0.39 is 0 Å². The molecule has 1 amide bonds. The van der Waals surface area contributed by atoms with Crippen molar-refractivity contribution >= 4 is 17.5 Å². The van der Waals surface area contributed by atoms with E-state index >= 15 is 0 Å². The van der Waals surface area contributed by atoms with Crippen LogP contribution in [0, 0.1) is 0 Å². The summed E-state index contributed by atoms with van der Waals surface area (Å²) < 4.78 is 0. The fourth-order valence-corrected chi connectivity index (χ4v) is 2.33. The van der Waals surface area contributed by atoms with Gasteiger partial charge in [-0.05, 0) is 37.5 Å². The molecule has 0 bridgehead atoms. The number of nitrogens with one attached hydrogen (secondary N) is 1. The van der Waals surface area contributed by atoms with Crippen LogP contribution in [0.1, 0.15) is 57.9 Å². The number of amides is 1. The maximum absolute atomic E-state index is 12.1. The Morgan fingerprint density at radius 3 is 2.43 bits per heavy atom. The summed E-state index contributed by atoms with van der Waals surface area (Å²) >= 11 is 5.84. The van der Waals surface area contributed by atoms with Gasteiger partial charge in [0.1, 0.15) is 0 Å². The fourth-order valence-electron chi connectivity index (χ4n) is 2.21. The topological polar surface area (TPSA) is 29.1 Å². The highest BCUT2D eigenvalue weighted by Crippen LogP contribution is 2.12. The second-order valence-corrected chi connectivity index (χ2v) is 5.72. The first-order valence-corrected chi connectivity index (χ1v) is 8.23. The zero-order valence-corrected chi connectivity index (χ0v) is 13.9. The molecule has 0 spiro atoms. The molecular weight excluding hydrogens is 282 g/mol. The van der Waals surface area contributed by atoms with Gasteiger partial charge in [-0.2, -0.15) is 0 Å². The van der Waals surface area contributed by atoms with Gasteiger partial charge in [0.05, 0.1) is 0 Å². The lowest BCUT2D eigenvalue weighted by atomic mass is 10.0. The molecule has 0 heterocycles. The molecule has 3 heteroatoms. The summed E-state index contributed by atoms with van der Waals surface area (Å²) in [6, 6.07) is 7.55. The average Bonchev–Trinajstić information content (AvgIpc) is 2.50. The van der Waals surface area contributed by atoms with Gasteiger partial charge in [0.25, 0.3) is 0 Å². The molecule has 0 aliphatic rings. The van der Waals surface area contributed by atoms with E-state index in [0.717, 1.165) is 24.0 Å². The summed E-state index contributed by atoms with van der Waals surface area (Å²) in [6.07, 6.45) is 8.89. The number of carbonyl (C=O) groups is 1. The highest BCUT2D eigenvalue weighted by molar-refractivity contribution is 6.30. The zero-order chi connectivity index (χ0) is 15.5. The molecule has 0 saturated heterocycles. The molecule has 0 atom stereocenters. The van der Waals surface area contributed by atoms with Crippen LogP contribution in [-0.2, 0) is 11.3 Å². The Hall–Kier alpha value is -1.28. The van der Waals surface area contributed by atoms with Crippen LogP contribution in [0.2, 0.25) is 5.02 Å². The quantitative estimate of drug-likeness (QED) is 0.489. The molecule has 2 nitrogen and oxygen atoms in total. The standard InChI is InChI=1S/C18H26ClNO/c1-3-5-6-7-8-9-16(4-2)18(21)20-14-15-10-12-17(19)13-11-15/h4,10-13H,3,5-9,14H2,1-2H3,(H,20,21). The molecule has 0 radical (unpaired) electrons. The SMILES string of the molecule is CC=C(CCCCCCC)C(=O)NCc1ccc(Cl)cc1. The highest BCUT2D eigenvalue weighted by Gasteiger charge is 2.07. The molecule has 0 fully saturated rings. The van der Waals surface area contributed by atoms with Gasteiger partial charge in [-0.15, -0.1) is 0 Å². The second-order valence-electron chi connectivity index (χ2n) is 5.29. The van der Waals surface area contributed by atoms with Gasteiger partial charge in [-0.3, -0.25) is 4.79 Å². The number of hydrogen-bond donors (Lipinski definition) is 1. The Balaban J connectivity index is 2.32. The summed E-state index contributed by atoms with van der Waals surface area (Å²) in [5.41, 5.74) is 1.95. The van der Waals surface area contributed by atoms with E-state index in [1.54, 1.807) is 0 Å². The van der Waals surface area contributed by atoms with Crippen LogP contribution in [0.3, 0.4) is 0 Å². The van der Waals surface area contributed by atoms with E-state index in [9.17, 15) is 4.79 Å². The normalized spacial score (nSPS) is 11.5. The van der Waals surface area contributed by atoms with E-state index in [1.165, 1.54) is 25.7 Å². The van der Waals surface area contributed by atoms with Crippen molar-refractivity contribution in [2.24, 2.45) is 0 Å². The monoisotopic (exact) mass is 307 g/mol. The molecule has 1 N–H and O–H groups in total. The predicted octanol–water partition coefficient (Wildman–Crippen LogP) is 5.26. The third-order valence-electron chi connectivity index (χ3n) is 3.56. The molecule has 1 aromatic carbocycles. The van der Waals surface area contributed by atoms with Gasteiger partial charge in [-0.1, -0.05) is 62.4 Å². The van der Waals surface area contributed by atoms with E-state index in [4.69, 9.17) is 11.6 Å². The van der Waals surface area contributed by atoms with Crippen LogP contribution in [-0.4, -0.2) is 5.91 Å². The number of halogens is 1.